The summed E-state index contributed by atoms with van der Waals surface area (Å²) in [7, 11) is 0. The fourth-order valence-electron chi connectivity index (χ4n) is 1.53. The lowest BCUT2D eigenvalue weighted by atomic mass is 10.1. The molecule has 18 heavy (non-hydrogen) atoms. The van der Waals surface area contributed by atoms with Crippen LogP contribution < -0.4 is 0 Å². The molecule has 0 aliphatic rings. The van der Waals surface area contributed by atoms with Crippen molar-refractivity contribution in [3.05, 3.63) is 54.7 Å². The third-order valence-corrected chi connectivity index (χ3v) is 4.98. The van der Waals surface area contributed by atoms with Crippen molar-refractivity contribution in [3.8, 4) is 0 Å². The predicted octanol–water partition coefficient (Wildman–Crippen LogP) is 5.44. The van der Waals surface area contributed by atoms with E-state index in [0.29, 0.717) is 19.9 Å². The summed E-state index contributed by atoms with van der Waals surface area (Å²) < 4.78 is 0. The minimum Gasteiger partial charge on any atom is -0.293 e. The molecule has 0 saturated carbocycles. The lowest BCUT2D eigenvalue weighted by molar-refractivity contribution is 0.0997. The van der Waals surface area contributed by atoms with Crippen molar-refractivity contribution in [3.63, 3.8) is 0 Å². The Kier molecular flexibility index (Phi) is 4.33. The number of aryl methyl sites for hydroxylation is 1. The zero-order valence-electron chi connectivity index (χ0n) is 9.47. The summed E-state index contributed by atoms with van der Waals surface area (Å²) in [4.78, 5) is 12.7. The summed E-state index contributed by atoms with van der Waals surface area (Å²) in [6.45, 7) is 1.88. The molecule has 0 radical (unpaired) electrons. The van der Waals surface area contributed by atoms with Crippen molar-refractivity contribution >= 4 is 51.9 Å². The van der Waals surface area contributed by atoms with E-state index < -0.39 is 0 Å². The summed E-state index contributed by atoms with van der Waals surface area (Å²) in [6.07, 6.45) is 0.274. The van der Waals surface area contributed by atoms with E-state index >= 15 is 0 Å². The standard InChI is InChI=1S/C13H9Cl3OS/c1-7-6-18-13(12(7)16)11(17)5-8-2-3-9(14)10(15)4-8/h2-4,6H,5H2,1H3. The number of carbonyl (C=O) groups excluding carboxylic acids is 1. The number of hydrogen-bond acceptors (Lipinski definition) is 2. The van der Waals surface area contributed by atoms with Gasteiger partial charge >= 0.3 is 0 Å². The maximum absolute atomic E-state index is 12.1. The molecule has 0 spiro atoms. The van der Waals surface area contributed by atoms with Crippen molar-refractivity contribution in [1.82, 2.24) is 0 Å². The van der Waals surface area contributed by atoms with Crippen LogP contribution in [-0.2, 0) is 6.42 Å². The molecule has 0 aliphatic heterocycles. The van der Waals surface area contributed by atoms with Crippen molar-refractivity contribution in [2.24, 2.45) is 0 Å². The second-order valence-corrected chi connectivity index (χ2v) is 5.98. The first kappa shape index (κ1) is 13.9. The van der Waals surface area contributed by atoms with Crippen LogP contribution in [0.15, 0.2) is 23.6 Å². The average molecular weight is 320 g/mol. The molecule has 1 aromatic carbocycles. The van der Waals surface area contributed by atoms with Gasteiger partial charge in [0, 0.05) is 6.42 Å². The SMILES string of the molecule is Cc1csc(C(=O)Cc2ccc(Cl)c(Cl)c2)c1Cl. The molecule has 0 aliphatic carbocycles. The largest absolute Gasteiger partial charge is 0.293 e. The zero-order valence-corrected chi connectivity index (χ0v) is 12.6. The number of carbonyl (C=O) groups is 1. The number of thiophene rings is 1. The van der Waals surface area contributed by atoms with Gasteiger partial charge in [0.1, 0.15) is 0 Å². The monoisotopic (exact) mass is 318 g/mol. The molecule has 2 aromatic rings. The third-order valence-electron chi connectivity index (χ3n) is 2.50. The summed E-state index contributed by atoms with van der Waals surface area (Å²) in [5.74, 6) is -0.00325. The minimum absolute atomic E-state index is 0.00325. The number of hydrogen-bond donors (Lipinski definition) is 0. The molecule has 0 saturated heterocycles. The Labute approximate surface area is 124 Å². The van der Waals surface area contributed by atoms with Crippen LogP contribution in [0.2, 0.25) is 15.1 Å². The van der Waals surface area contributed by atoms with Crippen LogP contribution >= 0.6 is 46.1 Å². The quantitative estimate of drug-likeness (QED) is 0.688. The molecule has 0 amide bonds. The topological polar surface area (TPSA) is 17.1 Å². The predicted molar refractivity (Wildman–Crippen MR) is 78.6 cm³/mol. The highest BCUT2D eigenvalue weighted by atomic mass is 35.5. The molecule has 1 aromatic heterocycles. The van der Waals surface area contributed by atoms with Crippen LogP contribution in [0.4, 0.5) is 0 Å². The van der Waals surface area contributed by atoms with Gasteiger partial charge < -0.3 is 0 Å². The van der Waals surface area contributed by atoms with Crippen LogP contribution in [0.1, 0.15) is 20.8 Å². The highest BCUT2D eigenvalue weighted by molar-refractivity contribution is 7.13. The molecule has 94 valence electrons. The molecule has 0 atom stereocenters. The maximum Gasteiger partial charge on any atom is 0.178 e. The van der Waals surface area contributed by atoms with Crippen molar-refractivity contribution in [2.45, 2.75) is 13.3 Å². The summed E-state index contributed by atoms with van der Waals surface area (Å²) >= 11 is 19.2. The van der Waals surface area contributed by atoms with Gasteiger partial charge in [0.2, 0.25) is 0 Å². The lowest BCUT2D eigenvalue weighted by Gasteiger charge is -2.02. The van der Waals surface area contributed by atoms with Crippen LogP contribution in [0.5, 0.6) is 0 Å². The van der Waals surface area contributed by atoms with E-state index in [1.165, 1.54) is 11.3 Å². The molecule has 0 fully saturated rings. The van der Waals surface area contributed by atoms with Crippen LogP contribution in [0, 0.1) is 6.92 Å². The first-order valence-electron chi connectivity index (χ1n) is 5.19. The molecule has 5 heteroatoms. The first-order chi connectivity index (χ1) is 8.49. The fraction of sp³-hybridized carbons (Fsp3) is 0.154. The Balaban J connectivity index is 2.21. The van der Waals surface area contributed by atoms with E-state index in [0.717, 1.165) is 11.1 Å². The first-order valence-corrected chi connectivity index (χ1v) is 7.21. The number of halogens is 3. The maximum atomic E-state index is 12.1. The third kappa shape index (κ3) is 2.89. The normalized spacial score (nSPS) is 10.7. The van der Waals surface area contributed by atoms with Gasteiger partial charge in [0.05, 0.1) is 19.9 Å². The van der Waals surface area contributed by atoms with Gasteiger partial charge in [0.15, 0.2) is 5.78 Å². The van der Waals surface area contributed by atoms with Gasteiger partial charge in [-0.1, -0.05) is 40.9 Å². The second-order valence-electron chi connectivity index (χ2n) is 3.91. The summed E-state index contributed by atoms with van der Waals surface area (Å²) in [5, 5.41) is 3.36. The number of ketones is 1. The van der Waals surface area contributed by atoms with E-state index in [-0.39, 0.29) is 12.2 Å². The van der Waals surface area contributed by atoms with Crippen molar-refractivity contribution < 1.29 is 4.79 Å². The van der Waals surface area contributed by atoms with Gasteiger partial charge in [-0.2, -0.15) is 0 Å². The number of rotatable bonds is 3. The van der Waals surface area contributed by atoms with Gasteiger partial charge in [0.25, 0.3) is 0 Å². The van der Waals surface area contributed by atoms with E-state index in [9.17, 15) is 4.79 Å². The smallest absolute Gasteiger partial charge is 0.178 e. The van der Waals surface area contributed by atoms with Crippen molar-refractivity contribution in [2.75, 3.05) is 0 Å². The molecule has 0 N–H and O–H groups in total. The molecular formula is C13H9Cl3OS. The van der Waals surface area contributed by atoms with Gasteiger partial charge in [-0.15, -0.1) is 11.3 Å². The zero-order chi connectivity index (χ0) is 13.3. The molecular weight excluding hydrogens is 311 g/mol. The number of benzene rings is 1. The highest BCUT2D eigenvalue weighted by Crippen LogP contribution is 2.29. The summed E-state index contributed by atoms with van der Waals surface area (Å²) in [5.41, 5.74) is 1.76. The Bertz CT molecular complexity index is 604. The van der Waals surface area contributed by atoms with Gasteiger partial charge in [-0.3, -0.25) is 4.79 Å². The number of Topliss-reactive ketones (excluding diaryl/α,β-unsaturated/α-hetero) is 1. The average Bonchev–Trinajstić information content (AvgIpc) is 2.65. The van der Waals surface area contributed by atoms with Crippen LogP contribution in [-0.4, -0.2) is 5.78 Å². The fourth-order valence-corrected chi connectivity index (χ4v) is 3.09. The van der Waals surface area contributed by atoms with E-state index in [2.05, 4.69) is 0 Å². The molecule has 1 heterocycles. The van der Waals surface area contributed by atoms with Crippen LogP contribution in [0.25, 0.3) is 0 Å². The van der Waals surface area contributed by atoms with E-state index in [1.807, 2.05) is 12.3 Å². The minimum atomic E-state index is -0.00325. The van der Waals surface area contributed by atoms with E-state index in [4.69, 9.17) is 34.8 Å². The second kappa shape index (κ2) is 5.62. The van der Waals surface area contributed by atoms with Crippen molar-refractivity contribution in [1.29, 1.82) is 0 Å². The Hall–Kier alpha value is -0.540. The van der Waals surface area contributed by atoms with Gasteiger partial charge in [-0.05, 0) is 35.6 Å². The van der Waals surface area contributed by atoms with Crippen LogP contribution in [0.3, 0.4) is 0 Å². The van der Waals surface area contributed by atoms with Gasteiger partial charge in [-0.25, -0.2) is 0 Å². The lowest BCUT2D eigenvalue weighted by Crippen LogP contribution is -2.02. The molecule has 2 rings (SSSR count). The molecule has 0 bridgehead atoms. The molecule has 0 unspecified atom stereocenters. The Morgan fingerprint density at radius 3 is 2.50 bits per heavy atom. The Morgan fingerprint density at radius 1 is 1.22 bits per heavy atom. The molecule has 1 nitrogen and oxygen atoms in total. The van der Waals surface area contributed by atoms with E-state index in [1.54, 1.807) is 18.2 Å². The highest BCUT2D eigenvalue weighted by Gasteiger charge is 2.15. The Morgan fingerprint density at radius 2 is 1.94 bits per heavy atom. The summed E-state index contributed by atoms with van der Waals surface area (Å²) in [6, 6.07) is 5.18.